The summed E-state index contributed by atoms with van der Waals surface area (Å²) in [6, 6.07) is 15.5. The van der Waals surface area contributed by atoms with Crippen molar-refractivity contribution in [2.45, 2.75) is 26.0 Å². The fraction of sp³-hybridized carbons (Fsp3) is 0.222. The fourth-order valence-corrected chi connectivity index (χ4v) is 2.53. The van der Waals surface area contributed by atoms with Gasteiger partial charge in [-0.05, 0) is 29.7 Å². The van der Waals surface area contributed by atoms with E-state index in [2.05, 4.69) is 27.6 Å². The lowest BCUT2D eigenvalue weighted by molar-refractivity contribution is 0.282. The summed E-state index contributed by atoms with van der Waals surface area (Å²) in [6.07, 6.45) is 1.60. The van der Waals surface area contributed by atoms with Crippen molar-refractivity contribution < 1.29 is 9.63 Å². The van der Waals surface area contributed by atoms with Crippen LogP contribution in [0.25, 0.3) is 0 Å². The predicted molar refractivity (Wildman–Crippen MR) is 92.8 cm³/mol. The van der Waals surface area contributed by atoms with Gasteiger partial charge in [-0.1, -0.05) is 53.2 Å². The molecule has 0 amide bonds. The Balaban J connectivity index is 1.56. The second kappa shape index (κ2) is 7.95. The minimum Gasteiger partial charge on any atom is -0.392 e. The summed E-state index contributed by atoms with van der Waals surface area (Å²) < 4.78 is 5.26. The minimum absolute atomic E-state index is 0.0317. The zero-order valence-corrected chi connectivity index (χ0v) is 13.8. The Bertz CT molecular complexity index is 790. The van der Waals surface area contributed by atoms with Crippen molar-refractivity contribution in [1.82, 2.24) is 10.1 Å². The molecule has 24 heavy (non-hydrogen) atoms. The Kier molecular flexibility index (Phi) is 5.46. The van der Waals surface area contributed by atoms with Crippen LogP contribution in [0.5, 0.6) is 0 Å². The quantitative estimate of drug-likeness (QED) is 0.685. The van der Waals surface area contributed by atoms with E-state index >= 15 is 0 Å². The van der Waals surface area contributed by atoms with E-state index in [1.165, 1.54) is 5.56 Å². The van der Waals surface area contributed by atoms with Crippen LogP contribution in [0.15, 0.2) is 53.1 Å². The lowest BCUT2D eigenvalue weighted by Crippen LogP contribution is -2.01. The summed E-state index contributed by atoms with van der Waals surface area (Å²) >= 11 is 6.13. The van der Waals surface area contributed by atoms with E-state index < -0.39 is 0 Å². The Labute approximate surface area is 145 Å². The van der Waals surface area contributed by atoms with Crippen molar-refractivity contribution >= 4 is 17.3 Å². The number of aromatic nitrogens is 2. The van der Waals surface area contributed by atoms with Gasteiger partial charge in [-0.25, -0.2) is 0 Å². The molecular formula is C18H18ClN3O2. The third kappa shape index (κ3) is 4.34. The van der Waals surface area contributed by atoms with Crippen LogP contribution >= 0.6 is 11.6 Å². The standard InChI is InChI=1S/C18H18ClN3O2/c19-15-8-6-14(12-23)10-16(15)20-11-18-21-17(22-24-18)9-7-13-4-2-1-3-5-13/h1-6,8,10,20,23H,7,9,11-12H2. The zero-order chi connectivity index (χ0) is 16.8. The third-order valence-corrected chi connectivity index (χ3v) is 3.96. The Morgan fingerprint density at radius 3 is 2.67 bits per heavy atom. The molecule has 1 aromatic heterocycles. The molecule has 3 aromatic rings. The van der Waals surface area contributed by atoms with Crippen LogP contribution in [0.3, 0.4) is 0 Å². The van der Waals surface area contributed by atoms with Crippen LogP contribution in [0.1, 0.15) is 22.8 Å². The first-order valence-corrected chi connectivity index (χ1v) is 8.11. The van der Waals surface area contributed by atoms with Crippen LogP contribution in [0.4, 0.5) is 5.69 Å². The number of rotatable bonds is 7. The van der Waals surface area contributed by atoms with Crippen LogP contribution in [-0.4, -0.2) is 15.2 Å². The highest BCUT2D eigenvalue weighted by Crippen LogP contribution is 2.23. The van der Waals surface area contributed by atoms with Gasteiger partial charge in [0.15, 0.2) is 5.82 Å². The molecule has 3 rings (SSSR count). The number of anilines is 1. The summed E-state index contributed by atoms with van der Waals surface area (Å²) in [6.45, 7) is 0.350. The summed E-state index contributed by atoms with van der Waals surface area (Å²) in [5.74, 6) is 1.19. The summed E-state index contributed by atoms with van der Waals surface area (Å²) in [5, 5.41) is 16.9. The van der Waals surface area contributed by atoms with Gasteiger partial charge in [0.2, 0.25) is 5.89 Å². The first kappa shape index (κ1) is 16.5. The maximum atomic E-state index is 9.18. The summed E-state index contributed by atoms with van der Waals surface area (Å²) in [5.41, 5.74) is 2.76. The van der Waals surface area contributed by atoms with Crippen molar-refractivity contribution in [3.63, 3.8) is 0 Å². The largest absolute Gasteiger partial charge is 0.392 e. The van der Waals surface area contributed by atoms with Gasteiger partial charge in [-0.3, -0.25) is 0 Å². The van der Waals surface area contributed by atoms with Crippen molar-refractivity contribution in [3.8, 4) is 0 Å². The van der Waals surface area contributed by atoms with E-state index in [-0.39, 0.29) is 6.61 Å². The van der Waals surface area contributed by atoms with E-state index in [0.717, 1.165) is 24.1 Å². The molecule has 0 aliphatic heterocycles. The molecule has 0 aliphatic carbocycles. The van der Waals surface area contributed by atoms with E-state index in [9.17, 15) is 5.11 Å². The second-order valence-electron chi connectivity index (χ2n) is 5.42. The number of nitrogens with zero attached hydrogens (tertiary/aromatic N) is 2. The molecule has 0 spiro atoms. The highest BCUT2D eigenvalue weighted by molar-refractivity contribution is 6.33. The monoisotopic (exact) mass is 343 g/mol. The van der Waals surface area contributed by atoms with Gasteiger partial charge in [0.05, 0.1) is 23.9 Å². The number of benzene rings is 2. The molecule has 5 nitrogen and oxygen atoms in total. The molecule has 0 aliphatic rings. The Hall–Kier alpha value is -2.37. The van der Waals surface area contributed by atoms with Gasteiger partial charge in [0, 0.05) is 6.42 Å². The van der Waals surface area contributed by atoms with E-state index in [1.807, 2.05) is 18.2 Å². The van der Waals surface area contributed by atoms with E-state index in [0.29, 0.717) is 23.3 Å². The lowest BCUT2D eigenvalue weighted by Gasteiger charge is -2.07. The maximum absolute atomic E-state index is 9.18. The Morgan fingerprint density at radius 1 is 1.04 bits per heavy atom. The highest BCUT2D eigenvalue weighted by atomic mass is 35.5. The molecule has 0 bridgehead atoms. The molecule has 0 saturated carbocycles. The van der Waals surface area contributed by atoms with Crippen LogP contribution in [0.2, 0.25) is 5.02 Å². The first-order chi connectivity index (χ1) is 11.7. The molecule has 2 N–H and O–H groups in total. The molecule has 6 heteroatoms. The zero-order valence-electron chi connectivity index (χ0n) is 13.1. The van der Waals surface area contributed by atoms with Gasteiger partial charge in [-0.2, -0.15) is 4.98 Å². The number of aliphatic hydroxyl groups excluding tert-OH is 1. The van der Waals surface area contributed by atoms with Crippen molar-refractivity contribution in [2.75, 3.05) is 5.32 Å². The van der Waals surface area contributed by atoms with Crippen LogP contribution in [-0.2, 0) is 26.0 Å². The van der Waals surface area contributed by atoms with Gasteiger partial charge >= 0.3 is 0 Å². The van der Waals surface area contributed by atoms with Crippen molar-refractivity contribution in [3.05, 3.63) is 76.4 Å². The molecular weight excluding hydrogens is 326 g/mol. The smallest absolute Gasteiger partial charge is 0.245 e. The number of hydrogen-bond donors (Lipinski definition) is 2. The van der Waals surface area contributed by atoms with Crippen LogP contribution in [0, 0.1) is 0 Å². The fourth-order valence-electron chi connectivity index (χ4n) is 2.34. The molecule has 0 atom stereocenters. The summed E-state index contributed by atoms with van der Waals surface area (Å²) in [4.78, 5) is 4.38. The Morgan fingerprint density at radius 2 is 1.88 bits per heavy atom. The van der Waals surface area contributed by atoms with E-state index in [4.69, 9.17) is 16.1 Å². The third-order valence-electron chi connectivity index (χ3n) is 3.63. The van der Waals surface area contributed by atoms with Gasteiger partial charge < -0.3 is 14.9 Å². The maximum Gasteiger partial charge on any atom is 0.245 e. The molecule has 1 heterocycles. The van der Waals surface area contributed by atoms with Gasteiger partial charge in [-0.15, -0.1) is 0 Å². The van der Waals surface area contributed by atoms with Crippen LogP contribution < -0.4 is 5.32 Å². The van der Waals surface area contributed by atoms with Crippen molar-refractivity contribution in [1.29, 1.82) is 0 Å². The normalized spacial score (nSPS) is 10.8. The number of halogens is 1. The number of hydrogen-bond acceptors (Lipinski definition) is 5. The minimum atomic E-state index is -0.0317. The molecule has 0 saturated heterocycles. The summed E-state index contributed by atoms with van der Waals surface area (Å²) in [7, 11) is 0. The lowest BCUT2D eigenvalue weighted by atomic mass is 10.1. The molecule has 124 valence electrons. The average molecular weight is 344 g/mol. The molecule has 0 fully saturated rings. The van der Waals surface area contributed by atoms with Gasteiger partial charge in [0.1, 0.15) is 0 Å². The molecule has 0 unspecified atom stereocenters. The van der Waals surface area contributed by atoms with E-state index in [1.54, 1.807) is 18.2 Å². The van der Waals surface area contributed by atoms with Crippen molar-refractivity contribution in [2.24, 2.45) is 0 Å². The highest BCUT2D eigenvalue weighted by Gasteiger charge is 2.08. The molecule has 2 aromatic carbocycles. The number of aryl methyl sites for hydroxylation is 2. The van der Waals surface area contributed by atoms with Gasteiger partial charge in [0.25, 0.3) is 0 Å². The number of aliphatic hydroxyl groups is 1. The predicted octanol–water partition coefficient (Wildman–Crippen LogP) is 3.61. The number of nitrogens with one attached hydrogen (secondary N) is 1. The average Bonchev–Trinajstić information content (AvgIpc) is 3.08. The topological polar surface area (TPSA) is 71.2 Å². The second-order valence-corrected chi connectivity index (χ2v) is 5.82. The SMILES string of the molecule is OCc1ccc(Cl)c(NCc2nc(CCc3ccccc3)no2)c1. The first-order valence-electron chi connectivity index (χ1n) is 7.73. The molecule has 0 radical (unpaired) electrons.